The molecule has 0 aromatic carbocycles. The van der Waals surface area contributed by atoms with Crippen LogP contribution in [0.1, 0.15) is 18.6 Å². The van der Waals surface area contributed by atoms with Crippen molar-refractivity contribution >= 4 is 11.5 Å². The maximum absolute atomic E-state index is 5.37. The molecule has 2 aromatic rings. The lowest BCUT2D eigenvalue weighted by atomic mass is 10.3. The van der Waals surface area contributed by atoms with Gasteiger partial charge in [0.15, 0.2) is 5.65 Å². The molecule has 6 heteroatoms. The lowest BCUT2D eigenvalue weighted by molar-refractivity contribution is 0.122. The van der Waals surface area contributed by atoms with Crippen LogP contribution in [0.5, 0.6) is 0 Å². The number of ether oxygens (including phenoxy) is 1. The van der Waals surface area contributed by atoms with Gasteiger partial charge in [-0.1, -0.05) is 6.92 Å². The predicted octanol–water partition coefficient (Wildman–Crippen LogP) is 0.832. The van der Waals surface area contributed by atoms with Gasteiger partial charge in [0.25, 0.3) is 0 Å². The van der Waals surface area contributed by atoms with Crippen LogP contribution in [0, 0.1) is 6.92 Å². The standard InChI is InChI=1S/C12H17N5O/c1-3-10-13-11(16-4-6-18-7-5-16)8-12-15-14-9(2)17(10)12/h8H,3-7H2,1-2H3. The minimum Gasteiger partial charge on any atom is -0.378 e. The molecule has 1 aliphatic heterocycles. The second kappa shape index (κ2) is 4.53. The summed E-state index contributed by atoms with van der Waals surface area (Å²) in [6.07, 6.45) is 0.869. The van der Waals surface area contributed by atoms with E-state index in [1.165, 1.54) is 0 Å². The molecule has 0 unspecified atom stereocenters. The lowest BCUT2D eigenvalue weighted by Crippen LogP contribution is -2.37. The van der Waals surface area contributed by atoms with Crippen molar-refractivity contribution in [3.63, 3.8) is 0 Å². The van der Waals surface area contributed by atoms with E-state index < -0.39 is 0 Å². The van der Waals surface area contributed by atoms with Crippen LogP contribution in [-0.2, 0) is 11.2 Å². The fourth-order valence-corrected chi connectivity index (χ4v) is 2.31. The molecule has 96 valence electrons. The maximum Gasteiger partial charge on any atom is 0.165 e. The second-order valence-corrected chi connectivity index (χ2v) is 4.42. The van der Waals surface area contributed by atoms with E-state index in [1.807, 2.05) is 17.4 Å². The van der Waals surface area contributed by atoms with Crippen molar-refractivity contribution in [1.82, 2.24) is 19.6 Å². The molecule has 1 saturated heterocycles. The van der Waals surface area contributed by atoms with Gasteiger partial charge >= 0.3 is 0 Å². The number of anilines is 1. The van der Waals surface area contributed by atoms with Crippen molar-refractivity contribution in [3.8, 4) is 0 Å². The highest BCUT2D eigenvalue weighted by Gasteiger charge is 2.16. The third kappa shape index (κ3) is 1.82. The average Bonchev–Trinajstić information content (AvgIpc) is 2.81. The summed E-state index contributed by atoms with van der Waals surface area (Å²) in [5.41, 5.74) is 0.876. The molecule has 0 aliphatic carbocycles. The Labute approximate surface area is 106 Å². The van der Waals surface area contributed by atoms with Crippen LogP contribution in [0.15, 0.2) is 6.07 Å². The van der Waals surface area contributed by atoms with Crippen molar-refractivity contribution in [2.24, 2.45) is 0 Å². The number of hydrogen-bond donors (Lipinski definition) is 0. The van der Waals surface area contributed by atoms with E-state index in [1.54, 1.807) is 0 Å². The molecular formula is C12H17N5O. The number of rotatable bonds is 2. The van der Waals surface area contributed by atoms with Crippen LogP contribution in [0.4, 0.5) is 5.82 Å². The van der Waals surface area contributed by atoms with E-state index in [0.717, 1.165) is 55.8 Å². The Morgan fingerprint density at radius 1 is 1.28 bits per heavy atom. The molecule has 18 heavy (non-hydrogen) atoms. The normalized spacial score (nSPS) is 16.4. The fourth-order valence-electron chi connectivity index (χ4n) is 2.31. The second-order valence-electron chi connectivity index (χ2n) is 4.42. The summed E-state index contributed by atoms with van der Waals surface area (Å²) >= 11 is 0. The zero-order valence-corrected chi connectivity index (χ0v) is 10.8. The lowest BCUT2D eigenvalue weighted by Gasteiger charge is -2.28. The zero-order chi connectivity index (χ0) is 12.5. The topological polar surface area (TPSA) is 55.5 Å². The number of aryl methyl sites for hydroxylation is 2. The van der Waals surface area contributed by atoms with Gasteiger partial charge in [-0.3, -0.25) is 4.40 Å². The smallest absolute Gasteiger partial charge is 0.165 e. The summed E-state index contributed by atoms with van der Waals surface area (Å²) in [6, 6.07) is 2.00. The van der Waals surface area contributed by atoms with Gasteiger partial charge in [-0.15, -0.1) is 10.2 Å². The number of nitrogens with zero attached hydrogens (tertiary/aromatic N) is 5. The first-order chi connectivity index (χ1) is 8.79. The summed E-state index contributed by atoms with van der Waals surface area (Å²) in [7, 11) is 0. The van der Waals surface area contributed by atoms with Crippen molar-refractivity contribution in [2.45, 2.75) is 20.3 Å². The first kappa shape index (κ1) is 11.4. The van der Waals surface area contributed by atoms with Gasteiger partial charge in [-0.2, -0.15) is 0 Å². The SMILES string of the molecule is CCc1nc(N2CCOCC2)cc2nnc(C)n12. The average molecular weight is 247 g/mol. The third-order valence-electron chi connectivity index (χ3n) is 3.26. The van der Waals surface area contributed by atoms with E-state index >= 15 is 0 Å². The first-order valence-electron chi connectivity index (χ1n) is 6.34. The van der Waals surface area contributed by atoms with Gasteiger partial charge in [0, 0.05) is 25.6 Å². The van der Waals surface area contributed by atoms with E-state index in [0.29, 0.717) is 0 Å². The summed E-state index contributed by atoms with van der Waals surface area (Å²) in [6.45, 7) is 7.36. The minimum absolute atomic E-state index is 0.764. The first-order valence-corrected chi connectivity index (χ1v) is 6.34. The Morgan fingerprint density at radius 2 is 2.06 bits per heavy atom. The largest absolute Gasteiger partial charge is 0.378 e. The predicted molar refractivity (Wildman–Crippen MR) is 67.9 cm³/mol. The summed E-state index contributed by atoms with van der Waals surface area (Å²) in [4.78, 5) is 6.97. The summed E-state index contributed by atoms with van der Waals surface area (Å²) in [5.74, 6) is 2.88. The Morgan fingerprint density at radius 3 is 2.78 bits per heavy atom. The van der Waals surface area contributed by atoms with E-state index in [2.05, 4.69) is 22.0 Å². The molecule has 3 rings (SSSR count). The highest BCUT2D eigenvalue weighted by atomic mass is 16.5. The Kier molecular flexibility index (Phi) is 2.87. The van der Waals surface area contributed by atoms with Crippen LogP contribution in [0.25, 0.3) is 5.65 Å². The van der Waals surface area contributed by atoms with Crippen LogP contribution in [-0.4, -0.2) is 45.9 Å². The van der Waals surface area contributed by atoms with Gasteiger partial charge in [0.05, 0.1) is 13.2 Å². The molecule has 0 amide bonds. The molecule has 0 bridgehead atoms. The maximum atomic E-state index is 5.37. The van der Waals surface area contributed by atoms with Gasteiger partial charge < -0.3 is 9.64 Å². The van der Waals surface area contributed by atoms with Crippen LogP contribution in [0.2, 0.25) is 0 Å². The monoisotopic (exact) mass is 247 g/mol. The van der Waals surface area contributed by atoms with Crippen molar-refractivity contribution in [3.05, 3.63) is 17.7 Å². The molecule has 0 atom stereocenters. The van der Waals surface area contributed by atoms with Crippen LogP contribution >= 0.6 is 0 Å². The van der Waals surface area contributed by atoms with Gasteiger partial charge in [0.1, 0.15) is 17.5 Å². The highest BCUT2D eigenvalue weighted by molar-refractivity contribution is 5.52. The molecule has 1 fully saturated rings. The molecule has 0 spiro atoms. The molecule has 0 N–H and O–H groups in total. The van der Waals surface area contributed by atoms with Gasteiger partial charge in [-0.25, -0.2) is 4.98 Å². The number of hydrogen-bond acceptors (Lipinski definition) is 5. The molecule has 6 nitrogen and oxygen atoms in total. The quantitative estimate of drug-likeness (QED) is 0.787. The Bertz CT molecular complexity index is 559. The van der Waals surface area contributed by atoms with Crippen LogP contribution in [0.3, 0.4) is 0 Å². The third-order valence-corrected chi connectivity index (χ3v) is 3.26. The minimum atomic E-state index is 0.764. The Hall–Kier alpha value is -1.69. The molecule has 0 saturated carbocycles. The van der Waals surface area contributed by atoms with Crippen molar-refractivity contribution in [2.75, 3.05) is 31.2 Å². The zero-order valence-electron chi connectivity index (χ0n) is 10.8. The van der Waals surface area contributed by atoms with Crippen molar-refractivity contribution < 1.29 is 4.74 Å². The van der Waals surface area contributed by atoms with E-state index in [-0.39, 0.29) is 0 Å². The van der Waals surface area contributed by atoms with Gasteiger partial charge in [-0.05, 0) is 6.92 Å². The van der Waals surface area contributed by atoms with E-state index in [4.69, 9.17) is 9.72 Å². The van der Waals surface area contributed by atoms with E-state index in [9.17, 15) is 0 Å². The molecule has 0 radical (unpaired) electrons. The summed E-state index contributed by atoms with van der Waals surface area (Å²) in [5, 5.41) is 8.32. The molecule has 2 aromatic heterocycles. The van der Waals surface area contributed by atoms with Gasteiger partial charge in [0.2, 0.25) is 0 Å². The number of aromatic nitrogens is 4. The number of fused-ring (bicyclic) bond motifs is 1. The molecular weight excluding hydrogens is 230 g/mol. The van der Waals surface area contributed by atoms with Crippen molar-refractivity contribution in [1.29, 1.82) is 0 Å². The molecule has 3 heterocycles. The number of morpholine rings is 1. The fraction of sp³-hybridized carbons (Fsp3) is 0.583. The summed E-state index contributed by atoms with van der Waals surface area (Å²) < 4.78 is 7.38. The van der Waals surface area contributed by atoms with Crippen LogP contribution < -0.4 is 4.90 Å². The molecule has 1 aliphatic rings. The Balaban J connectivity index is 2.07. The highest BCUT2D eigenvalue weighted by Crippen LogP contribution is 2.17.